The predicted molar refractivity (Wildman–Crippen MR) is 78.3 cm³/mol. The Bertz CT molecular complexity index is 608. The number of para-hydroxylation sites is 1. The summed E-state index contributed by atoms with van der Waals surface area (Å²) < 4.78 is 0. The van der Waals surface area contributed by atoms with Crippen LogP contribution in [0.5, 0.6) is 0 Å². The molecule has 0 fully saturated rings. The van der Waals surface area contributed by atoms with Crippen LogP contribution in [-0.4, -0.2) is 10.9 Å². The largest absolute Gasteiger partial charge is 0.397 e. The maximum absolute atomic E-state index is 11.4. The van der Waals surface area contributed by atoms with Gasteiger partial charge in [0.15, 0.2) is 0 Å². The van der Waals surface area contributed by atoms with E-state index in [2.05, 4.69) is 10.3 Å². The van der Waals surface area contributed by atoms with E-state index in [1.54, 1.807) is 29.5 Å². The zero-order valence-electron chi connectivity index (χ0n) is 10.8. The summed E-state index contributed by atoms with van der Waals surface area (Å²) in [7, 11) is 0. The monoisotopic (exact) mass is 276 g/mol. The van der Waals surface area contributed by atoms with E-state index in [-0.39, 0.29) is 6.04 Å². The van der Waals surface area contributed by atoms with Crippen molar-refractivity contribution >= 4 is 28.6 Å². The number of nitrogens with two attached hydrogens (primary N) is 2. The quantitative estimate of drug-likeness (QED) is 0.747. The Balaban J connectivity index is 2.30. The van der Waals surface area contributed by atoms with Gasteiger partial charge in [0.25, 0.3) is 5.91 Å². The summed E-state index contributed by atoms with van der Waals surface area (Å²) in [6, 6.07) is 5.05. The SMILES string of the molecule is Cc1cnc(C(C)Nc2c(N)cccc2C(N)=O)s1. The first-order chi connectivity index (χ1) is 8.99. The van der Waals surface area contributed by atoms with Crippen LogP contribution >= 0.6 is 11.3 Å². The van der Waals surface area contributed by atoms with E-state index in [0.29, 0.717) is 16.9 Å². The molecule has 100 valence electrons. The lowest BCUT2D eigenvalue weighted by Gasteiger charge is -2.17. The number of aryl methyl sites for hydroxylation is 1. The Morgan fingerprint density at radius 3 is 2.79 bits per heavy atom. The highest BCUT2D eigenvalue weighted by Crippen LogP contribution is 2.29. The number of hydrogen-bond acceptors (Lipinski definition) is 5. The van der Waals surface area contributed by atoms with Crippen LogP contribution in [0.3, 0.4) is 0 Å². The highest BCUT2D eigenvalue weighted by Gasteiger charge is 2.15. The number of carbonyl (C=O) groups is 1. The van der Waals surface area contributed by atoms with Gasteiger partial charge in [-0.25, -0.2) is 4.98 Å². The molecule has 0 bridgehead atoms. The van der Waals surface area contributed by atoms with Crippen molar-refractivity contribution in [2.45, 2.75) is 19.9 Å². The molecule has 2 aromatic rings. The lowest BCUT2D eigenvalue weighted by molar-refractivity contribution is 0.100. The first kappa shape index (κ1) is 13.4. The van der Waals surface area contributed by atoms with Gasteiger partial charge >= 0.3 is 0 Å². The molecule has 5 nitrogen and oxygen atoms in total. The molecule has 1 aromatic carbocycles. The van der Waals surface area contributed by atoms with E-state index in [1.165, 1.54) is 0 Å². The number of nitrogen functional groups attached to an aromatic ring is 1. The van der Waals surface area contributed by atoms with Crippen molar-refractivity contribution in [2.75, 3.05) is 11.1 Å². The molecule has 1 amide bonds. The molecule has 0 aliphatic rings. The number of carbonyl (C=O) groups excluding carboxylic acids is 1. The third-order valence-corrected chi connectivity index (χ3v) is 3.83. The Morgan fingerprint density at radius 2 is 2.21 bits per heavy atom. The molecule has 2 rings (SSSR count). The van der Waals surface area contributed by atoms with Crippen molar-refractivity contribution < 1.29 is 4.79 Å². The molecule has 0 saturated carbocycles. The Morgan fingerprint density at radius 1 is 1.47 bits per heavy atom. The van der Waals surface area contributed by atoms with Gasteiger partial charge < -0.3 is 16.8 Å². The number of benzene rings is 1. The van der Waals surface area contributed by atoms with E-state index in [4.69, 9.17) is 11.5 Å². The van der Waals surface area contributed by atoms with Crippen LogP contribution in [0.15, 0.2) is 24.4 Å². The summed E-state index contributed by atoms with van der Waals surface area (Å²) in [5, 5.41) is 4.15. The van der Waals surface area contributed by atoms with Crippen molar-refractivity contribution in [3.05, 3.63) is 39.8 Å². The standard InChI is InChI=1S/C13H16N4OS/c1-7-6-16-13(19-7)8(2)17-11-9(12(15)18)4-3-5-10(11)14/h3-6,8,17H,14H2,1-2H3,(H2,15,18). The fraction of sp³-hybridized carbons (Fsp3) is 0.231. The van der Waals surface area contributed by atoms with Crippen LogP contribution in [0, 0.1) is 6.92 Å². The summed E-state index contributed by atoms with van der Waals surface area (Å²) in [5.74, 6) is -0.502. The fourth-order valence-corrected chi connectivity index (χ4v) is 2.56. The second kappa shape index (κ2) is 5.27. The van der Waals surface area contributed by atoms with Gasteiger partial charge in [-0.15, -0.1) is 11.3 Å². The lowest BCUT2D eigenvalue weighted by Crippen LogP contribution is -2.17. The lowest BCUT2D eigenvalue weighted by atomic mass is 10.1. The summed E-state index contributed by atoms with van der Waals surface area (Å²) in [4.78, 5) is 16.9. The van der Waals surface area contributed by atoms with Crippen molar-refractivity contribution in [2.24, 2.45) is 5.73 Å². The fourth-order valence-electron chi connectivity index (χ4n) is 1.79. The summed E-state index contributed by atoms with van der Waals surface area (Å²) in [6.45, 7) is 3.97. The van der Waals surface area contributed by atoms with E-state index in [9.17, 15) is 4.79 Å². The molecule has 1 aromatic heterocycles. The third kappa shape index (κ3) is 2.85. The number of nitrogens with zero attached hydrogens (tertiary/aromatic N) is 1. The van der Waals surface area contributed by atoms with Crippen LogP contribution in [0.25, 0.3) is 0 Å². The average Bonchev–Trinajstić information content (AvgIpc) is 2.78. The van der Waals surface area contributed by atoms with Gasteiger partial charge in [0, 0.05) is 11.1 Å². The Labute approximate surface area is 115 Å². The minimum atomic E-state index is -0.502. The maximum atomic E-state index is 11.4. The molecular weight excluding hydrogens is 260 g/mol. The normalized spacial score (nSPS) is 12.1. The number of nitrogens with one attached hydrogen (secondary N) is 1. The van der Waals surface area contributed by atoms with Crippen molar-refractivity contribution in [1.29, 1.82) is 0 Å². The molecule has 6 heteroatoms. The predicted octanol–water partition coefficient (Wildman–Crippen LogP) is 2.31. The van der Waals surface area contributed by atoms with Crippen molar-refractivity contribution in [1.82, 2.24) is 4.98 Å². The highest BCUT2D eigenvalue weighted by molar-refractivity contribution is 7.11. The molecule has 1 heterocycles. The number of rotatable bonds is 4. The van der Waals surface area contributed by atoms with Gasteiger partial charge in [-0.3, -0.25) is 4.79 Å². The Hall–Kier alpha value is -2.08. The van der Waals surface area contributed by atoms with Gasteiger partial charge in [0.1, 0.15) is 5.01 Å². The highest BCUT2D eigenvalue weighted by atomic mass is 32.1. The number of aromatic nitrogens is 1. The van der Waals surface area contributed by atoms with E-state index >= 15 is 0 Å². The zero-order chi connectivity index (χ0) is 14.0. The number of amides is 1. The first-order valence-corrected chi connectivity index (χ1v) is 6.68. The van der Waals surface area contributed by atoms with Gasteiger partial charge in [-0.1, -0.05) is 6.07 Å². The van der Waals surface area contributed by atoms with Crippen molar-refractivity contribution in [3.63, 3.8) is 0 Å². The number of primary amides is 1. The molecule has 1 atom stereocenters. The molecule has 0 spiro atoms. The molecular formula is C13H16N4OS. The molecule has 0 aliphatic carbocycles. The van der Waals surface area contributed by atoms with Crippen LogP contribution in [0.2, 0.25) is 0 Å². The van der Waals surface area contributed by atoms with Crippen LogP contribution in [-0.2, 0) is 0 Å². The number of anilines is 2. The molecule has 5 N–H and O–H groups in total. The summed E-state index contributed by atoms with van der Waals surface area (Å²) in [6.07, 6.45) is 1.82. The second-order valence-corrected chi connectivity index (χ2v) is 5.58. The molecule has 0 radical (unpaired) electrons. The van der Waals surface area contributed by atoms with Gasteiger partial charge in [0.2, 0.25) is 0 Å². The smallest absolute Gasteiger partial charge is 0.250 e. The minimum Gasteiger partial charge on any atom is -0.397 e. The van der Waals surface area contributed by atoms with E-state index < -0.39 is 5.91 Å². The number of thiazole rings is 1. The number of hydrogen-bond donors (Lipinski definition) is 3. The Kier molecular flexibility index (Phi) is 3.71. The molecule has 1 unspecified atom stereocenters. The van der Waals surface area contributed by atoms with Crippen LogP contribution < -0.4 is 16.8 Å². The van der Waals surface area contributed by atoms with Crippen LogP contribution in [0.1, 0.15) is 33.2 Å². The summed E-state index contributed by atoms with van der Waals surface area (Å²) in [5.41, 5.74) is 12.7. The van der Waals surface area contributed by atoms with E-state index in [1.807, 2.05) is 20.0 Å². The van der Waals surface area contributed by atoms with E-state index in [0.717, 1.165) is 9.88 Å². The molecule has 0 saturated heterocycles. The minimum absolute atomic E-state index is 0.0403. The second-order valence-electron chi connectivity index (χ2n) is 4.31. The third-order valence-electron chi connectivity index (χ3n) is 2.73. The maximum Gasteiger partial charge on any atom is 0.250 e. The first-order valence-electron chi connectivity index (χ1n) is 5.86. The van der Waals surface area contributed by atoms with Crippen LogP contribution in [0.4, 0.5) is 11.4 Å². The molecule has 19 heavy (non-hydrogen) atoms. The van der Waals surface area contributed by atoms with Crippen molar-refractivity contribution in [3.8, 4) is 0 Å². The molecule has 0 aliphatic heterocycles. The van der Waals surface area contributed by atoms with Gasteiger partial charge in [-0.2, -0.15) is 0 Å². The van der Waals surface area contributed by atoms with Gasteiger partial charge in [-0.05, 0) is 26.0 Å². The zero-order valence-corrected chi connectivity index (χ0v) is 11.6. The van der Waals surface area contributed by atoms with Gasteiger partial charge in [0.05, 0.1) is 23.0 Å². The summed E-state index contributed by atoms with van der Waals surface area (Å²) >= 11 is 1.60. The average molecular weight is 276 g/mol. The topological polar surface area (TPSA) is 94.0 Å².